The standard InChI is InChI=1S/C28H28FN7O3/c1-17(37)16-39-23-7-24(27-20(8-30)11-33-36(27)15-23)19-3-4-26(31-10-19)34-13-21-6-22(14-34)35(21)12-18-5-25(29)28(38-2)32-9-18/h3-5,7,9-11,15,17,21-22,37H,6,12-14,16H2,1-2H3. The van der Waals surface area contributed by atoms with E-state index < -0.39 is 11.9 Å². The molecule has 3 fully saturated rings. The van der Waals surface area contributed by atoms with Crippen molar-refractivity contribution in [1.29, 1.82) is 5.26 Å². The van der Waals surface area contributed by atoms with Crippen LogP contribution < -0.4 is 14.4 Å². The lowest BCUT2D eigenvalue weighted by Crippen LogP contribution is -2.68. The minimum Gasteiger partial charge on any atom is -0.489 e. The van der Waals surface area contributed by atoms with Gasteiger partial charge >= 0.3 is 0 Å². The fourth-order valence-corrected chi connectivity index (χ4v) is 5.47. The average Bonchev–Trinajstić information content (AvgIpc) is 3.38. The molecule has 3 unspecified atom stereocenters. The molecule has 11 heteroatoms. The summed E-state index contributed by atoms with van der Waals surface area (Å²) in [7, 11) is 1.41. The van der Waals surface area contributed by atoms with Gasteiger partial charge in [-0.05, 0) is 43.2 Å². The normalized spacial score (nSPS) is 19.4. The maximum atomic E-state index is 14.1. The van der Waals surface area contributed by atoms with Gasteiger partial charge in [0.05, 0.1) is 36.7 Å². The molecule has 3 aliphatic heterocycles. The summed E-state index contributed by atoms with van der Waals surface area (Å²) in [5.41, 5.74) is 3.58. The number of aliphatic hydroxyl groups excluding tert-OH is 1. The highest BCUT2D eigenvalue weighted by Gasteiger charge is 2.44. The molecule has 3 saturated heterocycles. The zero-order chi connectivity index (χ0) is 27.1. The van der Waals surface area contributed by atoms with Gasteiger partial charge in [-0.2, -0.15) is 10.4 Å². The van der Waals surface area contributed by atoms with Crippen molar-refractivity contribution in [1.82, 2.24) is 24.5 Å². The number of halogens is 1. The zero-order valence-electron chi connectivity index (χ0n) is 21.7. The Morgan fingerprint density at radius 3 is 2.67 bits per heavy atom. The third-order valence-corrected chi connectivity index (χ3v) is 7.35. The highest BCUT2D eigenvalue weighted by Crippen LogP contribution is 2.36. The lowest BCUT2D eigenvalue weighted by atomic mass is 9.87. The maximum Gasteiger partial charge on any atom is 0.250 e. The van der Waals surface area contributed by atoms with Crippen molar-refractivity contribution < 1.29 is 19.0 Å². The van der Waals surface area contributed by atoms with Crippen LogP contribution in [0.4, 0.5) is 10.2 Å². The van der Waals surface area contributed by atoms with E-state index in [4.69, 9.17) is 14.5 Å². The number of aromatic nitrogens is 4. The van der Waals surface area contributed by atoms with E-state index in [1.807, 2.05) is 18.2 Å². The SMILES string of the molecule is COc1ncc(CN2C3CC2CN(c2ccc(-c4cc(OCC(C)O)cn5ncc(C#N)c45)cn2)C3)cc1F. The monoisotopic (exact) mass is 529 g/mol. The van der Waals surface area contributed by atoms with Crippen LogP contribution in [-0.4, -0.2) is 74.6 Å². The molecule has 0 aromatic carbocycles. The molecule has 0 aliphatic carbocycles. The number of fused-ring (bicyclic) bond motifs is 3. The molecule has 3 aliphatic rings. The molecule has 4 aromatic rings. The Labute approximate surface area is 224 Å². The molecule has 0 amide bonds. The first-order chi connectivity index (χ1) is 18.9. The van der Waals surface area contributed by atoms with Crippen molar-refractivity contribution in [2.24, 2.45) is 0 Å². The van der Waals surface area contributed by atoms with Gasteiger partial charge in [0.15, 0.2) is 5.82 Å². The third-order valence-electron chi connectivity index (χ3n) is 7.35. The molecule has 0 radical (unpaired) electrons. The molecule has 10 nitrogen and oxygen atoms in total. The Morgan fingerprint density at radius 2 is 2.00 bits per heavy atom. The lowest BCUT2D eigenvalue weighted by Gasteiger charge is -2.56. The number of aliphatic hydroxyl groups is 1. The fraction of sp³-hybridized carbons (Fsp3) is 0.357. The Balaban J connectivity index is 1.19. The summed E-state index contributed by atoms with van der Waals surface area (Å²) in [4.78, 5) is 13.5. The van der Waals surface area contributed by atoms with Crippen molar-refractivity contribution >= 4 is 11.3 Å². The molecule has 2 bridgehead atoms. The van der Waals surface area contributed by atoms with E-state index in [1.54, 1.807) is 30.0 Å². The van der Waals surface area contributed by atoms with Gasteiger partial charge in [0.25, 0.3) is 0 Å². The number of rotatable bonds is 8. The van der Waals surface area contributed by atoms with Gasteiger partial charge in [0.2, 0.25) is 5.88 Å². The van der Waals surface area contributed by atoms with Crippen LogP contribution in [0.25, 0.3) is 16.6 Å². The molecule has 7 heterocycles. The van der Waals surface area contributed by atoms with Gasteiger partial charge in [-0.3, -0.25) is 4.90 Å². The number of nitrogens with zero attached hydrogens (tertiary/aromatic N) is 7. The van der Waals surface area contributed by atoms with E-state index in [9.17, 15) is 14.8 Å². The Bertz CT molecular complexity index is 1540. The highest BCUT2D eigenvalue weighted by atomic mass is 19.1. The molecule has 1 N–H and O–H groups in total. The summed E-state index contributed by atoms with van der Waals surface area (Å²) in [6, 6.07) is 10.3. The second-order valence-corrected chi connectivity index (χ2v) is 10.1. The quantitative estimate of drug-likeness (QED) is 0.368. The predicted molar refractivity (Wildman–Crippen MR) is 141 cm³/mol. The van der Waals surface area contributed by atoms with Crippen LogP contribution in [-0.2, 0) is 6.54 Å². The van der Waals surface area contributed by atoms with Gasteiger partial charge < -0.3 is 19.5 Å². The molecular formula is C28H28FN7O3. The number of ether oxygens (including phenoxy) is 2. The average molecular weight is 530 g/mol. The molecular weight excluding hydrogens is 501 g/mol. The Morgan fingerprint density at radius 1 is 1.18 bits per heavy atom. The van der Waals surface area contributed by atoms with Crippen molar-refractivity contribution in [2.75, 3.05) is 31.7 Å². The fourth-order valence-electron chi connectivity index (χ4n) is 5.47. The highest BCUT2D eigenvalue weighted by molar-refractivity contribution is 5.85. The summed E-state index contributed by atoms with van der Waals surface area (Å²) in [6.45, 7) is 4.13. The van der Waals surface area contributed by atoms with Crippen LogP contribution >= 0.6 is 0 Å². The van der Waals surface area contributed by atoms with Crippen molar-refractivity contribution in [3.05, 3.63) is 66.0 Å². The summed E-state index contributed by atoms with van der Waals surface area (Å²) in [6.07, 6.45) is 7.20. The van der Waals surface area contributed by atoms with Crippen LogP contribution in [0.5, 0.6) is 11.6 Å². The number of piperazine rings is 1. The minimum atomic E-state index is -0.613. The van der Waals surface area contributed by atoms with Crippen molar-refractivity contribution in [2.45, 2.75) is 38.1 Å². The predicted octanol–water partition coefficient (Wildman–Crippen LogP) is 3.03. The van der Waals surface area contributed by atoms with Crippen LogP contribution in [0, 0.1) is 17.1 Å². The number of piperidine rings is 1. The van der Waals surface area contributed by atoms with E-state index in [-0.39, 0.29) is 12.5 Å². The Hall–Kier alpha value is -4.27. The third kappa shape index (κ3) is 4.73. The number of pyridine rings is 3. The first-order valence-electron chi connectivity index (χ1n) is 12.8. The largest absolute Gasteiger partial charge is 0.489 e. The topological polar surface area (TPSA) is 112 Å². The zero-order valence-corrected chi connectivity index (χ0v) is 21.7. The first-order valence-corrected chi connectivity index (χ1v) is 12.8. The van der Waals surface area contributed by atoms with Crippen LogP contribution in [0.3, 0.4) is 0 Å². The number of anilines is 1. The molecule has 200 valence electrons. The Kier molecular flexibility index (Phi) is 6.50. The molecule has 7 rings (SSSR count). The van der Waals surface area contributed by atoms with Crippen molar-refractivity contribution in [3.8, 4) is 28.8 Å². The van der Waals surface area contributed by atoms with Crippen LogP contribution in [0.1, 0.15) is 24.5 Å². The van der Waals surface area contributed by atoms with Gasteiger partial charge in [-0.25, -0.2) is 18.9 Å². The molecule has 4 aromatic heterocycles. The van der Waals surface area contributed by atoms with E-state index in [0.717, 1.165) is 42.0 Å². The summed E-state index contributed by atoms with van der Waals surface area (Å²) >= 11 is 0. The maximum absolute atomic E-state index is 14.1. The second kappa shape index (κ2) is 10.1. The molecule has 3 atom stereocenters. The van der Waals surface area contributed by atoms with Gasteiger partial charge in [-0.15, -0.1) is 0 Å². The van der Waals surface area contributed by atoms with E-state index in [1.165, 1.54) is 19.4 Å². The summed E-state index contributed by atoms with van der Waals surface area (Å²) in [5.74, 6) is 0.997. The van der Waals surface area contributed by atoms with E-state index in [0.29, 0.717) is 35.5 Å². The van der Waals surface area contributed by atoms with Gasteiger partial charge in [0, 0.05) is 55.2 Å². The lowest BCUT2D eigenvalue weighted by molar-refractivity contribution is -0.00884. The second-order valence-electron chi connectivity index (χ2n) is 10.1. The van der Waals surface area contributed by atoms with Gasteiger partial charge in [0.1, 0.15) is 24.2 Å². The van der Waals surface area contributed by atoms with Crippen LogP contribution in [0.15, 0.2) is 49.1 Å². The van der Waals surface area contributed by atoms with E-state index >= 15 is 0 Å². The minimum absolute atomic E-state index is 0.0140. The van der Waals surface area contributed by atoms with Gasteiger partial charge in [-0.1, -0.05) is 0 Å². The summed E-state index contributed by atoms with van der Waals surface area (Å²) in [5, 5.41) is 23.5. The first kappa shape index (κ1) is 25.0. The molecule has 39 heavy (non-hydrogen) atoms. The van der Waals surface area contributed by atoms with Crippen LogP contribution in [0.2, 0.25) is 0 Å². The molecule has 0 saturated carbocycles. The van der Waals surface area contributed by atoms with Crippen molar-refractivity contribution in [3.63, 3.8) is 0 Å². The number of hydrogen-bond donors (Lipinski definition) is 1. The number of nitriles is 1. The number of hydrogen-bond acceptors (Lipinski definition) is 9. The van der Waals surface area contributed by atoms with E-state index in [2.05, 4.69) is 26.0 Å². The summed E-state index contributed by atoms with van der Waals surface area (Å²) < 4.78 is 26.4. The molecule has 0 spiro atoms. The number of methoxy groups -OCH3 is 1. The smallest absolute Gasteiger partial charge is 0.250 e.